The average molecular weight is 454 g/mol. The number of carboxylic acids is 1. The molecule has 0 unspecified atom stereocenters. The number of aromatic carboxylic acids is 1. The number of carbonyl (C=O) groups is 2. The van der Waals surface area contributed by atoms with Gasteiger partial charge in [0.25, 0.3) is 0 Å². The largest absolute Gasteiger partial charge is 0.478 e. The summed E-state index contributed by atoms with van der Waals surface area (Å²) in [5.74, 6) is -2.06. The minimum absolute atomic E-state index is 0.0483. The van der Waals surface area contributed by atoms with E-state index in [1.165, 1.54) is 6.20 Å². The van der Waals surface area contributed by atoms with Crippen LogP contribution in [0.25, 0.3) is 0 Å². The molecule has 172 valence electrons. The van der Waals surface area contributed by atoms with Gasteiger partial charge in [-0.05, 0) is 55.0 Å². The zero-order chi connectivity index (χ0) is 23.1. The molecule has 1 amide bonds. The first kappa shape index (κ1) is 22.3. The number of halogens is 4. The highest BCUT2D eigenvalue weighted by molar-refractivity contribution is 5.88. The third-order valence-electron chi connectivity index (χ3n) is 6.33. The monoisotopic (exact) mass is 454 g/mol. The summed E-state index contributed by atoms with van der Waals surface area (Å²) in [4.78, 5) is 27.2. The van der Waals surface area contributed by atoms with Gasteiger partial charge in [0.15, 0.2) is 0 Å². The van der Waals surface area contributed by atoms with Gasteiger partial charge in [0.1, 0.15) is 5.82 Å². The minimum Gasteiger partial charge on any atom is -0.478 e. The van der Waals surface area contributed by atoms with Crippen molar-refractivity contribution < 1.29 is 32.3 Å². The maximum atomic E-state index is 13.7. The fourth-order valence-electron chi connectivity index (χ4n) is 4.59. The molecule has 2 saturated heterocycles. The van der Waals surface area contributed by atoms with Crippen molar-refractivity contribution in [3.63, 3.8) is 0 Å². The van der Waals surface area contributed by atoms with E-state index >= 15 is 0 Å². The Bertz CT molecular complexity index is 1030. The van der Waals surface area contributed by atoms with Crippen LogP contribution in [-0.4, -0.2) is 62.9 Å². The summed E-state index contributed by atoms with van der Waals surface area (Å²) >= 11 is 0. The fraction of sp³-hybridized carbons (Fsp3) is 0.476. The quantitative estimate of drug-likeness (QED) is 0.716. The summed E-state index contributed by atoms with van der Waals surface area (Å²) < 4.78 is 53.6. The molecule has 0 radical (unpaired) electrons. The number of likely N-dealkylation sites (tertiary alicyclic amines) is 2. The van der Waals surface area contributed by atoms with Crippen molar-refractivity contribution in [2.45, 2.75) is 32.0 Å². The van der Waals surface area contributed by atoms with Gasteiger partial charge < -0.3 is 10.0 Å². The van der Waals surface area contributed by atoms with Crippen molar-refractivity contribution in [2.24, 2.45) is 5.41 Å². The first-order chi connectivity index (χ1) is 15.0. The van der Waals surface area contributed by atoms with Crippen molar-refractivity contribution in [2.75, 3.05) is 26.2 Å². The number of piperidine rings is 1. The van der Waals surface area contributed by atoms with Gasteiger partial charge in [0, 0.05) is 26.2 Å². The number of carbonyl (C=O) groups excluding carboxylic acids is 1. The third kappa shape index (κ3) is 4.62. The molecule has 3 heterocycles. The highest BCUT2D eigenvalue weighted by atomic mass is 19.4. The molecule has 2 fully saturated rings. The average Bonchev–Trinajstić information content (AvgIpc) is 3.35. The van der Waals surface area contributed by atoms with Crippen LogP contribution in [-0.2, 0) is 12.7 Å². The van der Waals surface area contributed by atoms with Crippen LogP contribution in [0.15, 0.2) is 30.6 Å². The van der Waals surface area contributed by atoms with E-state index in [0.29, 0.717) is 32.2 Å². The molecule has 1 spiro atoms. The van der Waals surface area contributed by atoms with Gasteiger partial charge in [-0.1, -0.05) is 0 Å². The highest BCUT2D eigenvalue weighted by Gasteiger charge is 2.41. The minimum atomic E-state index is -4.59. The van der Waals surface area contributed by atoms with Crippen LogP contribution >= 0.6 is 0 Å². The number of hydrogen-bond donors (Lipinski definition) is 1. The second kappa shape index (κ2) is 8.19. The van der Waals surface area contributed by atoms with E-state index in [0.717, 1.165) is 42.3 Å². The van der Waals surface area contributed by atoms with Gasteiger partial charge in [0.2, 0.25) is 0 Å². The molecule has 2 aliphatic rings. The summed E-state index contributed by atoms with van der Waals surface area (Å²) in [6.07, 6.45) is -0.000168. The molecule has 0 aliphatic carbocycles. The second-order valence-corrected chi connectivity index (χ2v) is 8.55. The number of benzene rings is 1. The number of rotatable bonds is 3. The number of amides is 1. The molecule has 0 atom stereocenters. The van der Waals surface area contributed by atoms with Crippen LogP contribution < -0.4 is 0 Å². The van der Waals surface area contributed by atoms with Crippen LogP contribution in [0.1, 0.15) is 40.7 Å². The standard InChI is InChI=1S/C21H22F4N4O3/c22-17-8-14(7-16(9-17)21(23,24)25)11-27-4-1-20(13-27)2-5-28(6-3-20)19(32)29-12-15(10-26-29)18(30)31/h7-10,12H,1-6,11,13H2,(H,30,31). The molecule has 2 aliphatic heterocycles. The number of alkyl halides is 3. The molecule has 1 N–H and O–H groups in total. The maximum Gasteiger partial charge on any atom is 0.416 e. The molecule has 0 bridgehead atoms. The molecule has 32 heavy (non-hydrogen) atoms. The Morgan fingerprint density at radius 2 is 1.78 bits per heavy atom. The van der Waals surface area contributed by atoms with E-state index < -0.39 is 23.5 Å². The Labute approximate surface area is 181 Å². The van der Waals surface area contributed by atoms with Gasteiger partial charge >= 0.3 is 18.2 Å². The SMILES string of the molecule is O=C(O)c1cnn(C(=O)N2CCC3(CCN(Cc4cc(F)cc(C(F)(F)F)c4)C3)CC2)c1. The van der Waals surface area contributed by atoms with E-state index in [1.54, 1.807) is 4.90 Å². The Morgan fingerprint density at radius 3 is 2.41 bits per heavy atom. The third-order valence-corrected chi connectivity index (χ3v) is 6.33. The lowest BCUT2D eigenvalue weighted by atomic mass is 9.78. The maximum absolute atomic E-state index is 13.7. The Balaban J connectivity index is 1.35. The molecule has 11 heteroatoms. The topological polar surface area (TPSA) is 78.7 Å². The van der Waals surface area contributed by atoms with E-state index in [4.69, 9.17) is 5.11 Å². The number of nitrogens with zero attached hydrogens (tertiary/aromatic N) is 4. The van der Waals surface area contributed by atoms with Crippen molar-refractivity contribution in [1.82, 2.24) is 19.6 Å². The van der Waals surface area contributed by atoms with E-state index in [-0.39, 0.29) is 29.1 Å². The van der Waals surface area contributed by atoms with Gasteiger partial charge in [0.05, 0.1) is 23.5 Å². The van der Waals surface area contributed by atoms with Gasteiger partial charge in [-0.3, -0.25) is 4.90 Å². The predicted molar refractivity (Wildman–Crippen MR) is 105 cm³/mol. The van der Waals surface area contributed by atoms with E-state index in [1.807, 2.05) is 4.90 Å². The summed E-state index contributed by atoms with van der Waals surface area (Å²) in [5.41, 5.74) is -0.815. The van der Waals surface area contributed by atoms with E-state index in [9.17, 15) is 27.2 Å². The van der Waals surface area contributed by atoms with E-state index in [2.05, 4.69) is 5.10 Å². The summed E-state index contributed by atoms with van der Waals surface area (Å²) in [5, 5.41) is 12.8. The van der Waals surface area contributed by atoms with Crippen molar-refractivity contribution in [3.8, 4) is 0 Å². The second-order valence-electron chi connectivity index (χ2n) is 8.55. The van der Waals surface area contributed by atoms with Gasteiger partial charge in [-0.15, -0.1) is 0 Å². The van der Waals surface area contributed by atoms with Gasteiger partial charge in [-0.25, -0.2) is 14.0 Å². The van der Waals surface area contributed by atoms with Crippen LogP contribution in [0.2, 0.25) is 0 Å². The lowest BCUT2D eigenvalue weighted by Crippen LogP contribution is -2.45. The molecule has 1 aromatic heterocycles. The Kier molecular flexibility index (Phi) is 5.70. The molecule has 2 aromatic rings. The summed E-state index contributed by atoms with van der Waals surface area (Å²) in [7, 11) is 0. The normalized spacial score (nSPS) is 18.9. The van der Waals surface area contributed by atoms with Crippen LogP contribution in [0.4, 0.5) is 22.4 Å². The summed E-state index contributed by atoms with van der Waals surface area (Å²) in [6, 6.07) is 2.24. The Hall–Kier alpha value is -2.95. The van der Waals surface area contributed by atoms with Crippen LogP contribution in [0.3, 0.4) is 0 Å². The predicted octanol–water partition coefficient (Wildman–Crippen LogP) is 3.70. The molecule has 4 rings (SSSR count). The van der Waals surface area contributed by atoms with Crippen molar-refractivity contribution in [3.05, 3.63) is 53.1 Å². The molecule has 0 saturated carbocycles. The lowest BCUT2D eigenvalue weighted by Gasteiger charge is -2.39. The lowest BCUT2D eigenvalue weighted by molar-refractivity contribution is -0.137. The molecular formula is C21H22F4N4O3. The highest BCUT2D eigenvalue weighted by Crippen LogP contribution is 2.41. The van der Waals surface area contributed by atoms with Gasteiger partial charge in [-0.2, -0.15) is 23.0 Å². The number of aromatic nitrogens is 2. The van der Waals surface area contributed by atoms with Crippen LogP contribution in [0, 0.1) is 11.2 Å². The number of carboxylic acid groups (broad SMARTS) is 1. The first-order valence-corrected chi connectivity index (χ1v) is 10.2. The molecular weight excluding hydrogens is 432 g/mol. The fourth-order valence-corrected chi connectivity index (χ4v) is 4.59. The molecule has 1 aromatic carbocycles. The molecule has 7 nitrogen and oxygen atoms in total. The van der Waals surface area contributed by atoms with Crippen molar-refractivity contribution >= 4 is 12.0 Å². The van der Waals surface area contributed by atoms with Crippen LogP contribution in [0.5, 0.6) is 0 Å². The smallest absolute Gasteiger partial charge is 0.416 e. The Morgan fingerprint density at radius 1 is 1.09 bits per heavy atom. The first-order valence-electron chi connectivity index (χ1n) is 10.2. The van der Waals surface area contributed by atoms with Crippen molar-refractivity contribution in [1.29, 1.82) is 0 Å². The summed E-state index contributed by atoms with van der Waals surface area (Å²) in [6.45, 7) is 2.54. The zero-order valence-electron chi connectivity index (χ0n) is 17.1. The number of hydrogen-bond acceptors (Lipinski definition) is 4. The zero-order valence-corrected chi connectivity index (χ0v) is 17.1.